The molecular weight excluding hydrogens is 248 g/mol. The lowest BCUT2D eigenvalue weighted by molar-refractivity contribution is 0.144. The second kappa shape index (κ2) is 4.41. The van der Waals surface area contributed by atoms with E-state index in [9.17, 15) is 5.11 Å². The lowest BCUT2D eigenvalue weighted by atomic mass is 10.1. The quantitative estimate of drug-likeness (QED) is 0.858. The first kappa shape index (κ1) is 11.8. The summed E-state index contributed by atoms with van der Waals surface area (Å²) in [5.74, 6) is 0.917. The number of hydrogen-bond acceptors (Lipinski definition) is 2. The zero-order valence-electron chi connectivity index (χ0n) is 10.2. The van der Waals surface area contributed by atoms with E-state index in [1.807, 2.05) is 12.1 Å². The molecule has 18 heavy (non-hydrogen) atoms. The molecule has 1 N–H and O–H groups in total. The van der Waals surface area contributed by atoms with Crippen molar-refractivity contribution in [1.82, 2.24) is 9.55 Å². The van der Waals surface area contributed by atoms with Gasteiger partial charge in [0.2, 0.25) is 0 Å². The number of benzene rings is 1. The maximum atomic E-state index is 9.72. The fourth-order valence-corrected chi connectivity index (χ4v) is 2.78. The summed E-state index contributed by atoms with van der Waals surface area (Å²) in [4.78, 5) is 4.48. The number of hydrogen-bond donors (Lipinski definition) is 1. The van der Waals surface area contributed by atoms with E-state index in [-0.39, 0.29) is 6.10 Å². The number of imidazole rings is 1. The molecule has 0 fully saturated rings. The third-order valence-electron chi connectivity index (χ3n) is 3.52. The van der Waals surface area contributed by atoms with Crippen molar-refractivity contribution in [3.8, 4) is 11.4 Å². The number of aliphatic hydroxyl groups is 1. The molecule has 2 heterocycles. The molecule has 1 atom stereocenters. The van der Waals surface area contributed by atoms with Gasteiger partial charge in [0.05, 0.1) is 11.8 Å². The van der Waals surface area contributed by atoms with Crippen LogP contribution >= 0.6 is 11.6 Å². The van der Waals surface area contributed by atoms with E-state index in [0.29, 0.717) is 11.6 Å². The van der Waals surface area contributed by atoms with Crippen LogP contribution in [0.15, 0.2) is 24.3 Å². The standard InChI is InChI=1S/C14H15ClN2O/c1-9-4-2-3-5-11(9)14-16-13(15)12-8-10(18)6-7-17(12)14/h2-5,10,18H,6-8H2,1H3. The predicted octanol–water partition coefficient (Wildman–Crippen LogP) is 2.82. The number of nitrogens with zero attached hydrogens (tertiary/aromatic N) is 2. The largest absolute Gasteiger partial charge is 0.393 e. The summed E-state index contributed by atoms with van der Waals surface area (Å²) in [6.45, 7) is 2.85. The average molecular weight is 263 g/mol. The highest BCUT2D eigenvalue weighted by Gasteiger charge is 2.24. The van der Waals surface area contributed by atoms with Crippen molar-refractivity contribution < 1.29 is 5.11 Å². The monoisotopic (exact) mass is 262 g/mol. The number of halogens is 1. The first-order chi connectivity index (χ1) is 8.66. The number of rotatable bonds is 1. The lowest BCUT2D eigenvalue weighted by Gasteiger charge is -2.21. The first-order valence-corrected chi connectivity index (χ1v) is 6.53. The predicted molar refractivity (Wildman–Crippen MR) is 71.7 cm³/mol. The van der Waals surface area contributed by atoms with Crippen molar-refractivity contribution in [2.45, 2.75) is 32.4 Å². The van der Waals surface area contributed by atoms with Crippen LogP contribution in [0.2, 0.25) is 5.15 Å². The van der Waals surface area contributed by atoms with Crippen molar-refractivity contribution in [3.05, 3.63) is 40.7 Å². The average Bonchev–Trinajstić information content (AvgIpc) is 2.67. The van der Waals surface area contributed by atoms with Gasteiger partial charge < -0.3 is 9.67 Å². The Morgan fingerprint density at radius 3 is 2.94 bits per heavy atom. The second-order valence-corrected chi connectivity index (χ2v) is 5.14. The van der Waals surface area contributed by atoms with Crippen LogP contribution in [-0.4, -0.2) is 20.8 Å². The van der Waals surface area contributed by atoms with Crippen LogP contribution in [0.5, 0.6) is 0 Å². The van der Waals surface area contributed by atoms with E-state index >= 15 is 0 Å². The maximum absolute atomic E-state index is 9.72. The molecule has 3 nitrogen and oxygen atoms in total. The van der Waals surface area contributed by atoms with E-state index in [2.05, 4.69) is 28.6 Å². The van der Waals surface area contributed by atoms with Crippen molar-refractivity contribution in [1.29, 1.82) is 0 Å². The normalized spacial score (nSPS) is 18.7. The summed E-state index contributed by atoms with van der Waals surface area (Å²) in [6.07, 6.45) is 1.06. The van der Waals surface area contributed by atoms with Gasteiger partial charge >= 0.3 is 0 Å². The first-order valence-electron chi connectivity index (χ1n) is 6.16. The Bertz CT molecular complexity index is 591. The molecule has 1 aromatic carbocycles. The molecule has 0 aliphatic carbocycles. The summed E-state index contributed by atoms with van der Waals surface area (Å²) >= 11 is 6.19. The molecule has 2 aromatic rings. The zero-order valence-corrected chi connectivity index (χ0v) is 11.0. The second-order valence-electron chi connectivity index (χ2n) is 4.79. The summed E-state index contributed by atoms with van der Waals surface area (Å²) in [7, 11) is 0. The minimum absolute atomic E-state index is 0.295. The van der Waals surface area contributed by atoms with Crippen LogP contribution in [0.3, 0.4) is 0 Å². The van der Waals surface area contributed by atoms with Crippen molar-refractivity contribution in [2.75, 3.05) is 0 Å². The van der Waals surface area contributed by atoms with Gasteiger partial charge in [-0.25, -0.2) is 4.98 Å². The minimum atomic E-state index is -0.295. The van der Waals surface area contributed by atoms with Crippen LogP contribution in [0, 0.1) is 6.92 Å². The third kappa shape index (κ3) is 1.84. The molecule has 1 aliphatic heterocycles. The topological polar surface area (TPSA) is 38.0 Å². The van der Waals surface area contributed by atoms with Crippen molar-refractivity contribution in [3.63, 3.8) is 0 Å². The van der Waals surface area contributed by atoms with Crippen LogP contribution in [0.25, 0.3) is 11.4 Å². The van der Waals surface area contributed by atoms with E-state index in [1.54, 1.807) is 0 Å². The van der Waals surface area contributed by atoms with Crippen molar-refractivity contribution in [2.24, 2.45) is 0 Å². The van der Waals surface area contributed by atoms with Gasteiger partial charge in [0.25, 0.3) is 0 Å². The van der Waals surface area contributed by atoms with Crippen molar-refractivity contribution >= 4 is 11.6 Å². The minimum Gasteiger partial charge on any atom is -0.393 e. The molecular formula is C14H15ClN2O. The smallest absolute Gasteiger partial charge is 0.151 e. The van der Waals surface area contributed by atoms with E-state index in [4.69, 9.17) is 11.6 Å². The molecule has 0 spiro atoms. The molecule has 0 saturated carbocycles. The van der Waals surface area contributed by atoms with Crippen LogP contribution in [0.1, 0.15) is 17.7 Å². The number of aliphatic hydroxyl groups excluding tert-OH is 1. The Labute approximate surface area is 111 Å². The Morgan fingerprint density at radius 1 is 1.39 bits per heavy atom. The fourth-order valence-electron chi connectivity index (χ4n) is 2.53. The molecule has 1 aliphatic rings. The SMILES string of the molecule is Cc1ccccc1-c1nc(Cl)c2n1CCC(O)C2. The van der Waals surface area contributed by atoms with Crippen LogP contribution in [0.4, 0.5) is 0 Å². The summed E-state index contributed by atoms with van der Waals surface area (Å²) in [5.41, 5.74) is 3.25. The van der Waals surface area contributed by atoms with Gasteiger partial charge in [-0.05, 0) is 18.9 Å². The lowest BCUT2D eigenvalue weighted by Crippen LogP contribution is -2.23. The van der Waals surface area contributed by atoms with Gasteiger partial charge in [0.1, 0.15) is 5.82 Å². The Kier molecular flexibility index (Phi) is 2.88. The molecule has 4 heteroatoms. The molecule has 1 unspecified atom stereocenters. The molecule has 1 aromatic heterocycles. The molecule has 0 radical (unpaired) electrons. The van der Waals surface area contributed by atoms with Gasteiger partial charge in [0.15, 0.2) is 5.15 Å². The Balaban J connectivity index is 2.15. The number of fused-ring (bicyclic) bond motifs is 1. The van der Waals surface area contributed by atoms with Gasteiger partial charge in [-0.2, -0.15) is 0 Å². The van der Waals surface area contributed by atoms with Gasteiger partial charge in [-0.15, -0.1) is 0 Å². The van der Waals surface area contributed by atoms with E-state index in [0.717, 1.165) is 30.0 Å². The highest BCUT2D eigenvalue weighted by molar-refractivity contribution is 6.30. The summed E-state index contributed by atoms with van der Waals surface area (Å²) in [6, 6.07) is 8.16. The summed E-state index contributed by atoms with van der Waals surface area (Å²) in [5, 5.41) is 10.2. The highest BCUT2D eigenvalue weighted by Crippen LogP contribution is 2.31. The van der Waals surface area contributed by atoms with Crippen LogP contribution in [-0.2, 0) is 13.0 Å². The maximum Gasteiger partial charge on any atom is 0.151 e. The molecule has 0 amide bonds. The zero-order chi connectivity index (χ0) is 12.7. The Morgan fingerprint density at radius 2 is 2.17 bits per heavy atom. The number of aryl methyl sites for hydroxylation is 1. The highest BCUT2D eigenvalue weighted by atomic mass is 35.5. The van der Waals surface area contributed by atoms with Gasteiger partial charge in [-0.1, -0.05) is 35.9 Å². The molecule has 3 rings (SSSR count). The number of aromatic nitrogens is 2. The molecule has 0 saturated heterocycles. The van der Waals surface area contributed by atoms with Crippen LogP contribution < -0.4 is 0 Å². The third-order valence-corrected chi connectivity index (χ3v) is 3.83. The van der Waals surface area contributed by atoms with Gasteiger partial charge in [-0.3, -0.25) is 0 Å². The Hall–Kier alpha value is -1.32. The van der Waals surface area contributed by atoms with E-state index in [1.165, 1.54) is 5.56 Å². The van der Waals surface area contributed by atoms with E-state index < -0.39 is 0 Å². The molecule has 0 bridgehead atoms. The van der Waals surface area contributed by atoms with Gasteiger partial charge in [0, 0.05) is 18.5 Å². The summed E-state index contributed by atoms with van der Waals surface area (Å²) < 4.78 is 2.14. The fraction of sp³-hybridized carbons (Fsp3) is 0.357. The molecule has 94 valence electrons.